The fraction of sp³-hybridized carbons (Fsp3) is 0.0500. The SMILES string of the molecule is Nc1nc(N)nc(CSC2=N/C(=C\c3ccccc3)C(=O)N2c2ccc(F)cc2)n1. The van der Waals surface area contributed by atoms with Gasteiger partial charge >= 0.3 is 0 Å². The molecule has 0 radical (unpaired) electrons. The van der Waals surface area contributed by atoms with Gasteiger partial charge in [-0.1, -0.05) is 42.1 Å². The molecule has 8 nitrogen and oxygen atoms in total. The molecule has 150 valence electrons. The number of benzene rings is 2. The number of hydrogen-bond acceptors (Lipinski definition) is 8. The summed E-state index contributed by atoms with van der Waals surface area (Å²) in [4.78, 5) is 30.8. The van der Waals surface area contributed by atoms with E-state index in [-0.39, 0.29) is 29.3 Å². The van der Waals surface area contributed by atoms with Crippen LogP contribution in [-0.4, -0.2) is 26.0 Å². The van der Waals surface area contributed by atoms with E-state index in [0.29, 0.717) is 16.7 Å². The number of nitrogens with zero attached hydrogens (tertiary/aromatic N) is 5. The van der Waals surface area contributed by atoms with E-state index in [2.05, 4.69) is 19.9 Å². The van der Waals surface area contributed by atoms with Crippen LogP contribution < -0.4 is 16.4 Å². The maximum absolute atomic E-state index is 13.4. The Kier molecular flexibility index (Phi) is 5.40. The number of thioether (sulfide) groups is 1. The Labute approximate surface area is 175 Å². The van der Waals surface area contributed by atoms with Crippen LogP contribution in [0.2, 0.25) is 0 Å². The largest absolute Gasteiger partial charge is 0.368 e. The molecule has 0 saturated heterocycles. The molecular formula is C20H16FN7OS. The van der Waals surface area contributed by atoms with Crippen molar-refractivity contribution in [2.24, 2.45) is 4.99 Å². The molecule has 1 aliphatic rings. The number of nitrogen functional groups attached to an aromatic ring is 2. The van der Waals surface area contributed by atoms with E-state index in [4.69, 9.17) is 11.5 Å². The number of nitrogens with two attached hydrogens (primary N) is 2. The fourth-order valence-corrected chi connectivity index (χ4v) is 3.64. The van der Waals surface area contributed by atoms with Crippen molar-refractivity contribution in [2.45, 2.75) is 5.75 Å². The Bertz CT molecular complexity index is 1130. The van der Waals surface area contributed by atoms with Crippen molar-refractivity contribution in [1.29, 1.82) is 0 Å². The molecule has 1 aliphatic heterocycles. The number of amides is 1. The lowest BCUT2D eigenvalue weighted by atomic mass is 10.2. The molecule has 4 rings (SSSR count). The molecule has 0 bridgehead atoms. The minimum Gasteiger partial charge on any atom is -0.368 e. The van der Waals surface area contributed by atoms with Crippen molar-refractivity contribution < 1.29 is 9.18 Å². The third-order valence-electron chi connectivity index (χ3n) is 4.06. The van der Waals surface area contributed by atoms with Crippen molar-refractivity contribution in [3.8, 4) is 0 Å². The van der Waals surface area contributed by atoms with Crippen LogP contribution in [0.5, 0.6) is 0 Å². The van der Waals surface area contributed by atoms with Gasteiger partial charge in [-0.3, -0.25) is 9.69 Å². The minimum atomic E-state index is -0.396. The number of aliphatic imine (C=N–C) groups is 1. The van der Waals surface area contributed by atoms with E-state index >= 15 is 0 Å². The van der Waals surface area contributed by atoms with Crippen LogP contribution in [0, 0.1) is 5.82 Å². The lowest BCUT2D eigenvalue weighted by molar-refractivity contribution is -0.113. The fourth-order valence-electron chi connectivity index (χ4n) is 2.77. The lowest BCUT2D eigenvalue weighted by Gasteiger charge is -2.17. The number of anilines is 3. The number of hydrogen-bond donors (Lipinski definition) is 2. The predicted octanol–water partition coefficient (Wildman–Crippen LogP) is 2.85. The normalized spacial score (nSPS) is 15.0. The van der Waals surface area contributed by atoms with Gasteiger partial charge in [0.2, 0.25) is 11.9 Å². The summed E-state index contributed by atoms with van der Waals surface area (Å²) in [7, 11) is 0. The molecule has 0 spiro atoms. The number of carbonyl (C=O) groups is 1. The summed E-state index contributed by atoms with van der Waals surface area (Å²) in [5.74, 6) is -0.0560. The summed E-state index contributed by atoms with van der Waals surface area (Å²) in [6, 6.07) is 15.0. The second kappa shape index (κ2) is 8.29. The maximum Gasteiger partial charge on any atom is 0.283 e. The monoisotopic (exact) mass is 421 g/mol. The van der Waals surface area contributed by atoms with Crippen LogP contribution in [0.1, 0.15) is 11.4 Å². The molecule has 0 fully saturated rings. The molecule has 30 heavy (non-hydrogen) atoms. The minimum absolute atomic E-state index is 0.0163. The van der Waals surface area contributed by atoms with Gasteiger partial charge in [-0.25, -0.2) is 9.38 Å². The average molecular weight is 421 g/mol. The summed E-state index contributed by atoms with van der Waals surface area (Å²) in [6.07, 6.45) is 1.70. The Morgan fingerprint density at radius 3 is 2.30 bits per heavy atom. The number of halogens is 1. The molecule has 2 aromatic carbocycles. The Morgan fingerprint density at radius 2 is 1.63 bits per heavy atom. The van der Waals surface area contributed by atoms with Crippen LogP contribution in [0.15, 0.2) is 65.3 Å². The van der Waals surface area contributed by atoms with Gasteiger partial charge < -0.3 is 11.5 Å². The number of rotatable bonds is 4. The molecule has 0 saturated carbocycles. The zero-order valence-electron chi connectivity index (χ0n) is 15.6. The molecule has 3 aromatic rings. The highest BCUT2D eigenvalue weighted by Crippen LogP contribution is 2.30. The van der Waals surface area contributed by atoms with E-state index in [1.165, 1.54) is 40.9 Å². The lowest BCUT2D eigenvalue weighted by Crippen LogP contribution is -2.30. The van der Waals surface area contributed by atoms with Crippen LogP contribution in [0.4, 0.5) is 22.0 Å². The van der Waals surface area contributed by atoms with Gasteiger partial charge in [-0.2, -0.15) is 15.0 Å². The average Bonchev–Trinajstić information content (AvgIpc) is 3.02. The molecule has 1 aromatic heterocycles. The van der Waals surface area contributed by atoms with E-state index in [0.717, 1.165) is 5.56 Å². The summed E-state index contributed by atoms with van der Waals surface area (Å²) < 4.78 is 13.4. The van der Waals surface area contributed by atoms with Gasteiger partial charge in [0.15, 0.2) is 5.17 Å². The summed E-state index contributed by atoms with van der Waals surface area (Å²) in [5, 5.41) is 0.409. The topological polar surface area (TPSA) is 123 Å². The Morgan fingerprint density at radius 1 is 0.967 bits per heavy atom. The molecule has 0 atom stereocenters. The van der Waals surface area contributed by atoms with E-state index in [9.17, 15) is 9.18 Å². The maximum atomic E-state index is 13.4. The van der Waals surface area contributed by atoms with Gasteiger partial charge in [0.1, 0.15) is 17.3 Å². The number of aromatic nitrogens is 3. The molecular weight excluding hydrogens is 405 g/mol. The first-order valence-corrected chi connectivity index (χ1v) is 9.82. The third-order valence-corrected chi connectivity index (χ3v) is 5.00. The first kappa shape index (κ1) is 19.5. The van der Waals surface area contributed by atoms with E-state index < -0.39 is 5.82 Å². The molecule has 4 N–H and O–H groups in total. The first-order chi connectivity index (χ1) is 14.5. The van der Waals surface area contributed by atoms with Gasteiger partial charge in [0.25, 0.3) is 5.91 Å². The number of amidine groups is 1. The molecule has 0 unspecified atom stereocenters. The van der Waals surface area contributed by atoms with Crippen molar-refractivity contribution in [2.75, 3.05) is 16.4 Å². The van der Waals surface area contributed by atoms with Crippen LogP contribution in [0.25, 0.3) is 6.08 Å². The molecule has 1 amide bonds. The highest BCUT2D eigenvalue weighted by molar-refractivity contribution is 8.13. The van der Waals surface area contributed by atoms with E-state index in [1.54, 1.807) is 6.08 Å². The summed E-state index contributed by atoms with van der Waals surface area (Å²) in [6.45, 7) is 0. The van der Waals surface area contributed by atoms with Gasteiger partial charge in [0.05, 0.1) is 11.4 Å². The van der Waals surface area contributed by atoms with Gasteiger partial charge in [0, 0.05) is 0 Å². The third kappa shape index (κ3) is 4.28. The zero-order chi connectivity index (χ0) is 21.1. The Hall–Kier alpha value is -3.79. The van der Waals surface area contributed by atoms with Crippen molar-refractivity contribution in [3.05, 3.63) is 77.5 Å². The second-order valence-electron chi connectivity index (χ2n) is 6.21. The Balaban J connectivity index is 1.66. The van der Waals surface area contributed by atoms with E-state index in [1.807, 2.05) is 30.3 Å². The van der Waals surface area contributed by atoms with Gasteiger partial charge in [-0.05, 0) is 35.9 Å². The van der Waals surface area contributed by atoms with Crippen molar-refractivity contribution in [3.63, 3.8) is 0 Å². The quantitative estimate of drug-likeness (QED) is 0.621. The standard InChI is InChI=1S/C20H16FN7OS/c21-13-6-8-14(9-7-13)28-17(29)15(10-12-4-2-1-3-5-12)24-20(28)30-11-16-25-18(22)27-19(23)26-16/h1-10H,11H2,(H4,22,23,25,26,27)/b15-10-. The van der Waals surface area contributed by atoms with Crippen molar-refractivity contribution >= 4 is 46.5 Å². The summed E-state index contributed by atoms with van der Waals surface area (Å²) >= 11 is 1.24. The second-order valence-corrected chi connectivity index (χ2v) is 7.15. The number of carbonyl (C=O) groups excluding carboxylic acids is 1. The molecule has 0 aliphatic carbocycles. The van der Waals surface area contributed by atoms with Crippen LogP contribution >= 0.6 is 11.8 Å². The highest BCUT2D eigenvalue weighted by atomic mass is 32.2. The predicted molar refractivity (Wildman–Crippen MR) is 116 cm³/mol. The molecule has 2 heterocycles. The van der Waals surface area contributed by atoms with Crippen LogP contribution in [0.3, 0.4) is 0 Å². The first-order valence-electron chi connectivity index (χ1n) is 8.84. The molecule has 10 heteroatoms. The highest BCUT2D eigenvalue weighted by Gasteiger charge is 2.32. The van der Waals surface area contributed by atoms with Gasteiger partial charge in [-0.15, -0.1) is 0 Å². The zero-order valence-corrected chi connectivity index (χ0v) is 16.4. The van der Waals surface area contributed by atoms with Crippen LogP contribution in [-0.2, 0) is 10.5 Å². The smallest absolute Gasteiger partial charge is 0.283 e. The van der Waals surface area contributed by atoms with Crippen molar-refractivity contribution in [1.82, 2.24) is 15.0 Å². The summed E-state index contributed by atoms with van der Waals surface area (Å²) in [5.41, 5.74) is 12.8.